The molecule has 0 heterocycles. The molecule has 1 aliphatic rings. The van der Waals surface area contributed by atoms with E-state index in [9.17, 15) is 4.79 Å². The van der Waals surface area contributed by atoms with E-state index in [1.165, 1.54) is 32.1 Å². The summed E-state index contributed by atoms with van der Waals surface area (Å²) in [4.78, 5) is 12.3. The number of rotatable bonds is 2. The van der Waals surface area contributed by atoms with Crippen LogP contribution in [0.1, 0.15) is 55.3 Å². The van der Waals surface area contributed by atoms with Crippen LogP contribution in [-0.4, -0.2) is 5.78 Å². The number of benzene rings is 1. The molecule has 0 saturated heterocycles. The van der Waals surface area contributed by atoms with Gasteiger partial charge in [-0.3, -0.25) is 4.79 Å². The Morgan fingerprint density at radius 1 is 0.875 bits per heavy atom. The summed E-state index contributed by atoms with van der Waals surface area (Å²) in [5.74, 6) is 0.644. The lowest BCUT2D eigenvalue weighted by Crippen LogP contribution is -2.16. The average Bonchev–Trinajstić information content (AvgIpc) is 2.29. The Balaban J connectivity index is 2.02. The Kier molecular flexibility index (Phi) is 4.15. The van der Waals surface area contributed by atoms with Crippen molar-refractivity contribution in [1.82, 2.24) is 0 Å². The van der Waals surface area contributed by atoms with Gasteiger partial charge in [0, 0.05) is 11.5 Å². The minimum atomic E-state index is 0.280. The number of hydrogen-bond acceptors (Lipinski definition) is 1. The molecule has 0 unspecified atom stereocenters. The van der Waals surface area contributed by atoms with Crippen molar-refractivity contribution in [3.63, 3.8) is 0 Å². The molecule has 1 nitrogen and oxygen atoms in total. The van der Waals surface area contributed by atoms with Gasteiger partial charge in [-0.25, -0.2) is 0 Å². The van der Waals surface area contributed by atoms with E-state index in [4.69, 9.17) is 0 Å². The predicted molar refractivity (Wildman–Crippen MR) is 66.6 cm³/mol. The monoisotopic (exact) mass is 216 g/mol. The largest absolute Gasteiger partial charge is 0.294 e. The Morgan fingerprint density at radius 3 is 2.06 bits per heavy atom. The molecule has 1 heteroatoms. The van der Waals surface area contributed by atoms with Gasteiger partial charge in [0.2, 0.25) is 0 Å². The maximum atomic E-state index is 12.3. The summed E-state index contributed by atoms with van der Waals surface area (Å²) in [6.07, 6.45) is 8.59. The first-order valence-corrected chi connectivity index (χ1v) is 6.47. The molecule has 0 N–H and O–H groups in total. The molecule has 0 spiro atoms. The first kappa shape index (κ1) is 11.4. The average molecular weight is 216 g/mol. The lowest BCUT2D eigenvalue weighted by Gasteiger charge is -2.18. The maximum Gasteiger partial charge on any atom is 0.165 e. The van der Waals surface area contributed by atoms with Crippen LogP contribution in [0.25, 0.3) is 0 Å². The van der Waals surface area contributed by atoms with Gasteiger partial charge in [0.1, 0.15) is 0 Å². The van der Waals surface area contributed by atoms with Crippen LogP contribution >= 0.6 is 0 Å². The molecule has 0 amide bonds. The highest BCUT2D eigenvalue weighted by Crippen LogP contribution is 2.25. The smallest absolute Gasteiger partial charge is 0.165 e. The van der Waals surface area contributed by atoms with E-state index in [1.54, 1.807) is 0 Å². The number of Topliss-reactive ketones (excluding diaryl/α,β-unsaturated/α-hetero) is 1. The summed E-state index contributed by atoms with van der Waals surface area (Å²) in [5, 5.41) is 0. The van der Waals surface area contributed by atoms with Gasteiger partial charge >= 0.3 is 0 Å². The number of carbonyl (C=O) groups is 1. The lowest BCUT2D eigenvalue weighted by molar-refractivity contribution is 0.0898. The SMILES string of the molecule is O=C(c1ccccc1)C1CCCCCCC1. The molecule has 0 aliphatic heterocycles. The molecule has 1 saturated carbocycles. The highest BCUT2D eigenvalue weighted by atomic mass is 16.1. The first-order valence-electron chi connectivity index (χ1n) is 6.47. The second-order valence-corrected chi connectivity index (χ2v) is 4.77. The molecule has 2 rings (SSSR count). The molecular weight excluding hydrogens is 196 g/mol. The molecule has 1 aromatic rings. The topological polar surface area (TPSA) is 17.1 Å². The molecule has 0 aromatic heterocycles. The highest BCUT2D eigenvalue weighted by molar-refractivity contribution is 5.97. The van der Waals surface area contributed by atoms with Crippen molar-refractivity contribution in [1.29, 1.82) is 0 Å². The van der Waals surface area contributed by atoms with Crippen molar-refractivity contribution in [2.45, 2.75) is 44.9 Å². The fourth-order valence-electron chi connectivity index (χ4n) is 2.56. The summed E-state index contributed by atoms with van der Waals surface area (Å²) < 4.78 is 0. The van der Waals surface area contributed by atoms with Crippen molar-refractivity contribution >= 4 is 5.78 Å². The molecule has 0 atom stereocenters. The van der Waals surface area contributed by atoms with E-state index in [0.29, 0.717) is 5.78 Å². The molecule has 1 aliphatic carbocycles. The maximum absolute atomic E-state index is 12.3. The fourth-order valence-corrected chi connectivity index (χ4v) is 2.56. The van der Waals surface area contributed by atoms with Gasteiger partial charge in [-0.15, -0.1) is 0 Å². The van der Waals surface area contributed by atoms with Crippen molar-refractivity contribution in [2.75, 3.05) is 0 Å². The van der Waals surface area contributed by atoms with Crippen LogP contribution in [0.3, 0.4) is 0 Å². The van der Waals surface area contributed by atoms with Crippen LogP contribution in [0.5, 0.6) is 0 Å². The first-order chi connectivity index (χ1) is 7.88. The van der Waals surface area contributed by atoms with Crippen LogP contribution in [0.2, 0.25) is 0 Å². The highest BCUT2D eigenvalue weighted by Gasteiger charge is 2.20. The third-order valence-corrected chi connectivity index (χ3v) is 3.53. The third-order valence-electron chi connectivity index (χ3n) is 3.53. The minimum Gasteiger partial charge on any atom is -0.294 e. The van der Waals surface area contributed by atoms with Crippen LogP contribution in [-0.2, 0) is 0 Å². The van der Waals surface area contributed by atoms with E-state index in [-0.39, 0.29) is 5.92 Å². The number of hydrogen-bond donors (Lipinski definition) is 0. The Hall–Kier alpha value is -1.11. The van der Waals surface area contributed by atoms with Gasteiger partial charge in [0.15, 0.2) is 5.78 Å². The fraction of sp³-hybridized carbons (Fsp3) is 0.533. The molecular formula is C15H20O. The summed E-state index contributed by atoms with van der Waals surface area (Å²) in [6.45, 7) is 0. The summed E-state index contributed by atoms with van der Waals surface area (Å²) in [7, 11) is 0. The predicted octanol–water partition coefficient (Wildman–Crippen LogP) is 4.23. The van der Waals surface area contributed by atoms with Gasteiger partial charge in [0.25, 0.3) is 0 Å². The number of ketones is 1. The van der Waals surface area contributed by atoms with Crippen molar-refractivity contribution in [3.05, 3.63) is 35.9 Å². The van der Waals surface area contributed by atoms with Crippen molar-refractivity contribution in [2.24, 2.45) is 5.92 Å². The standard InChI is InChI=1S/C15H20O/c16-15(14-11-7-4-8-12-14)13-9-5-2-1-3-6-10-13/h4,7-8,11-13H,1-3,5-6,9-10H2. The third kappa shape index (κ3) is 2.94. The molecule has 0 bridgehead atoms. The van der Waals surface area contributed by atoms with Crippen molar-refractivity contribution in [3.8, 4) is 0 Å². The van der Waals surface area contributed by atoms with Crippen LogP contribution < -0.4 is 0 Å². The van der Waals surface area contributed by atoms with Gasteiger partial charge in [-0.2, -0.15) is 0 Å². The Morgan fingerprint density at radius 2 is 1.44 bits per heavy atom. The van der Waals surface area contributed by atoms with E-state index < -0.39 is 0 Å². The molecule has 1 aromatic carbocycles. The number of carbonyl (C=O) groups excluding carboxylic acids is 1. The quantitative estimate of drug-likeness (QED) is 0.676. The van der Waals surface area contributed by atoms with Gasteiger partial charge < -0.3 is 0 Å². The lowest BCUT2D eigenvalue weighted by atomic mass is 9.86. The zero-order chi connectivity index (χ0) is 11.2. The van der Waals surface area contributed by atoms with Gasteiger partial charge in [-0.05, 0) is 12.8 Å². The molecule has 1 fully saturated rings. The van der Waals surface area contributed by atoms with Crippen LogP contribution in [0.4, 0.5) is 0 Å². The van der Waals surface area contributed by atoms with E-state index in [1.807, 2.05) is 30.3 Å². The summed E-state index contributed by atoms with van der Waals surface area (Å²) in [5.41, 5.74) is 0.896. The van der Waals surface area contributed by atoms with Crippen LogP contribution in [0, 0.1) is 5.92 Å². The normalized spacial score (nSPS) is 18.8. The second kappa shape index (κ2) is 5.83. The summed E-state index contributed by atoms with van der Waals surface area (Å²) in [6, 6.07) is 9.77. The van der Waals surface area contributed by atoms with Gasteiger partial charge in [0.05, 0.1) is 0 Å². The Bertz CT molecular complexity index is 321. The zero-order valence-corrected chi connectivity index (χ0v) is 9.82. The van der Waals surface area contributed by atoms with Crippen molar-refractivity contribution < 1.29 is 4.79 Å². The summed E-state index contributed by atoms with van der Waals surface area (Å²) >= 11 is 0. The zero-order valence-electron chi connectivity index (χ0n) is 9.82. The minimum absolute atomic E-state index is 0.280. The van der Waals surface area contributed by atoms with E-state index in [0.717, 1.165) is 18.4 Å². The van der Waals surface area contributed by atoms with E-state index >= 15 is 0 Å². The second-order valence-electron chi connectivity index (χ2n) is 4.77. The molecule has 86 valence electrons. The van der Waals surface area contributed by atoms with E-state index in [2.05, 4.69) is 0 Å². The van der Waals surface area contributed by atoms with Crippen LogP contribution in [0.15, 0.2) is 30.3 Å². The molecule has 16 heavy (non-hydrogen) atoms. The Labute approximate surface area is 97.9 Å². The molecule has 0 radical (unpaired) electrons. The van der Waals surface area contributed by atoms with Gasteiger partial charge in [-0.1, -0.05) is 62.4 Å².